The van der Waals surface area contributed by atoms with E-state index in [-0.39, 0.29) is 24.0 Å². The second kappa shape index (κ2) is 12.6. The summed E-state index contributed by atoms with van der Waals surface area (Å²) in [5, 5.41) is 9.39. The average molecular weight is 498 g/mol. The molecule has 160 valence electrons. The van der Waals surface area contributed by atoms with Crippen LogP contribution in [0.1, 0.15) is 66.7 Å². The zero-order valence-corrected chi connectivity index (χ0v) is 20.1. The van der Waals surface area contributed by atoms with Gasteiger partial charge in [0.2, 0.25) is 0 Å². The highest BCUT2D eigenvalue weighted by atomic mass is 127. The molecule has 1 fully saturated rings. The molecule has 7 nitrogen and oxygen atoms in total. The first kappa shape index (κ1) is 26.2. The number of halogens is 1. The van der Waals surface area contributed by atoms with Crippen LogP contribution in [0.3, 0.4) is 0 Å². The molecule has 0 aliphatic heterocycles. The lowest BCUT2D eigenvalue weighted by Crippen LogP contribution is -2.54. The van der Waals surface area contributed by atoms with Crippen molar-refractivity contribution in [1.29, 1.82) is 0 Å². The fourth-order valence-corrected chi connectivity index (χ4v) is 2.73. The Morgan fingerprint density at radius 1 is 1.11 bits per heavy atom. The molecule has 0 aromatic heterocycles. The van der Waals surface area contributed by atoms with E-state index in [2.05, 4.69) is 20.9 Å². The predicted octanol–water partition coefficient (Wildman–Crippen LogP) is 3.42. The van der Waals surface area contributed by atoms with Crippen LogP contribution in [0.15, 0.2) is 4.99 Å². The van der Waals surface area contributed by atoms with Crippen LogP contribution >= 0.6 is 24.0 Å². The van der Waals surface area contributed by atoms with Crippen molar-refractivity contribution in [1.82, 2.24) is 16.0 Å². The van der Waals surface area contributed by atoms with E-state index in [0.717, 1.165) is 19.6 Å². The van der Waals surface area contributed by atoms with Gasteiger partial charge in [-0.25, -0.2) is 4.79 Å². The van der Waals surface area contributed by atoms with Gasteiger partial charge >= 0.3 is 6.09 Å². The molecule has 1 aliphatic carbocycles. The maximum atomic E-state index is 11.9. The van der Waals surface area contributed by atoms with Crippen molar-refractivity contribution in [3.63, 3.8) is 0 Å². The standard InChI is InChI=1S/C19H38N4O3.HI/c1-18(2,3)26-17(24)23-19(4,5)14-22-16(20-6)21-12-9-13-25-15-10-7-8-11-15;/h15H,7-14H2,1-6H3,(H,23,24)(H2,20,21,22);1H. The third-order valence-corrected chi connectivity index (χ3v) is 4.03. The summed E-state index contributed by atoms with van der Waals surface area (Å²) in [6, 6.07) is 0. The second-order valence-electron chi connectivity index (χ2n) is 8.49. The number of hydrogen-bond donors (Lipinski definition) is 3. The van der Waals surface area contributed by atoms with Gasteiger partial charge in [0.15, 0.2) is 5.96 Å². The molecule has 27 heavy (non-hydrogen) atoms. The molecule has 0 saturated heterocycles. The normalized spacial score (nSPS) is 15.9. The Bertz CT molecular complexity index is 458. The fraction of sp³-hybridized carbons (Fsp3) is 0.895. The fourth-order valence-electron chi connectivity index (χ4n) is 2.73. The minimum Gasteiger partial charge on any atom is -0.444 e. The van der Waals surface area contributed by atoms with Crippen molar-refractivity contribution in [3.05, 3.63) is 0 Å². The number of carbonyl (C=O) groups is 1. The van der Waals surface area contributed by atoms with E-state index >= 15 is 0 Å². The minimum atomic E-state index is -0.508. The summed E-state index contributed by atoms with van der Waals surface area (Å²) in [6.45, 7) is 11.5. The molecule has 1 rings (SSSR count). The quantitative estimate of drug-likeness (QED) is 0.207. The molecule has 8 heteroatoms. The summed E-state index contributed by atoms with van der Waals surface area (Å²) in [5.41, 5.74) is -0.975. The van der Waals surface area contributed by atoms with Crippen LogP contribution in [0, 0.1) is 0 Å². The lowest BCUT2D eigenvalue weighted by Gasteiger charge is -2.29. The second-order valence-corrected chi connectivity index (χ2v) is 8.49. The van der Waals surface area contributed by atoms with Crippen molar-refractivity contribution in [2.45, 2.75) is 84.0 Å². The monoisotopic (exact) mass is 498 g/mol. The Morgan fingerprint density at radius 2 is 1.74 bits per heavy atom. The molecule has 0 bridgehead atoms. The Labute approximate surface area is 181 Å². The van der Waals surface area contributed by atoms with Crippen molar-refractivity contribution in [2.24, 2.45) is 4.99 Å². The number of nitrogens with zero attached hydrogens (tertiary/aromatic N) is 1. The lowest BCUT2D eigenvalue weighted by atomic mass is 10.1. The number of amides is 1. The van der Waals surface area contributed by atoms with Gasteiger partial charge in [-0.15, -0.1) is 24.0 Å². The van der Waals surface area contributed by atoms with E-state index in [1.165, 1.54) is 25.7 Å². The first-order valence-electron chi connectivity index (χ1n) is 9.68. The third kappa shape index (κ3) is 13.1. The van der Waals surface area contributed by atoms with Gasteiger partial charge in [0, 0.05) is 26.7 Å². The Balaban J connectivity index is 0.00000676. The Kier molecular flexibility index (Phi) is 12.3. The first-order chi connectivity index (χ1) is 12.1. The van der Waals surface area contributed by atoms with Crippen molar-refractivity contribution >= 4 is 36.0 Å². The van der Waals surface area contributed by atoms with E-state index < -0.39 is 17.2 Å². The highest BCUT2D eigenvalue weighted by Gasteiger charge is 2.24. The van der Waals surface area contributed by atoms with Gasteiger partial charge in [-0.05, 0) is 53.9 Å². The molecule has 1 aliphatic rings. The zero-order valence-electron chi connectivity index (χ0n) is 17.8. The molecular weight excluding hydrogens is 459 g/mol. The van der Waals surface area contributed by atoms with Crippen LogP contribution in [0.25, 0.3) is 0 Å². The summed E-state index contributed by atoms with van der Waals surface area (Å²) in [6.07, 6.45) is 5.99. The van der Waals surface area contributed by atoms with Crippen LogP contribution in [0.4, 0.5) is 4.79 Å². The van der Waals surface area contributed by atoms with Crippen molar-refractivity contribution < 1.29 is 14.3 Å². The third-order valence-electron chi connectivity index (χ3n) is 4.03. The molecule has 0 unspecified atom stereocenters. The van der Waals surface area contributed by atoms with E-state index in [9.17, 15) is 4.79 Å². The number of aliphatic imine (C=N–C) groups is 1. The van der Waals surface area contributed by atoms with Crippen molar-refractivity contribution in [2.75, 3.05) is 26.7 Å². The molecule has 3 N–H and O–H groups in total. The lowest BCUT2D eigenvalue weighted by molar-refractivity contribution is 0.0473. The summed E-state index contributed by atoms with van der Waals surface area (Å²) >= 11 is 0. The molecule has 0 aromatic carbocycles. The SMILES string of the molecule is CN=C(NCCCOC1CCCC1)NCC(C)(C)NC(=O)OC(C)(C)C.I. The molecular formula is C19H39IN4O3. The van der Waals surface area contributed by atoms with Crippen LogP contribution < -0.4 is 16.0 Å². The summed E-state index contributed by atoms with van der Waals surface area (Å²) < 4.78 is 11.2. The summed E-state index contributed by atoms with van der Waals surface area (Å²) in [5.74, 6) is 0.713. The molecule has 1 amide bonds. The van der Waals surface area contributed by atoms with Crippen LogP contribution in [-0.2, 0) is 9.47 Å². The summed E-state index contributed by atoms with van der Waals surface area (Å²) in [7, 11) is 1.73. The number of alkyl carbamates (subject to hydrolysis) is 1. The molecule has 0 aromatic rings. The van der Waals surface area contributed by atoms with Gasteiger partial charge in [0.1, 0.15) is 5.60 Å². The number of hydrogen-bond acceptors (Lipinski definition) is 4. The minimum absolute atomic E-state index is 0. The number of carbonyl (C=O) groups excluding carboxylic acids is 1. The zero-order chi connectivity index (χ0) is 19.6. The van der Waals surface area contributed by atoms with Gasteiger partial charge in [-0.2, -0.15) is 0 Å². The van der Waals surface area contributed by atoms with Crippen LogP contribution in [-0.4, -0.2) is 56.0 Å². The number of ether oxygens (including phenoxy) is 2. The topological polar surface area (TPSA) is 84.0 Å². The Morgan fingerprint density at radius 3 is 2.30 bits per heavy atom. The molecule has 0 atom stereocenters. The van der Waals surface area contributed by atoms with E-state index in [4.69, 9.17) is 9.47 Å². The smallest absolute Gasteiger partial charge is 0.408 e. The molecule has 0 heterocycles. The van der Waals surface area contributed by atoms with Crippen molar-refractivity contribution in [3.8, 4) is 0 Å². The van der Waals surface area contributed by atoms with Gasteiger partial charge in [-0.3, -0.25) is 4.99 Å². The first-order valence-corrected chi connectivity index (χ1v) is 9.68. The van der Waals surface area contributed by atoms with Gasteiger partial charge in [0.05, 0.1) is 11.6 Å². The number of nitrogens with one attached hydrogen (secondary N) is 3. The highest BCUT2D eigenvalue weighted by Crippen LogP contribution is 2.20. The van der Waals surface area contributed by atoms with E-state index in [1.807, 2.05) is 34.6 Å². The molecule has 0 radical (unpaired) electrons. The maximum Gasteiger partial charge on any atom is 0.408 e. The maximum absolute atomic E-state index is 11.9. The van der Waals surface area contributed by atoms with E-state index in [0.29, 0.717) is 18.6 Å². The van der Waals surface area contributed by atoms with Crippen LogP contribution in [0.2, 0.25) is 0 Å². The molecule has 1 saturated carbocycles. The largest absolute Gasteiger partial charge is 0.444 e. The van der Waals surface area contributed by atoms with E-state index in [1.54, 1.807) is 7.05 Å². The Hall–Kier alpha value is -0.770. The van der Waals surface area contributed by atoms with Gasteiger partial charge < -0.3 is 25.4 Å². The number of guanidine groups is 1. The summed E-state index contributed by atoms with van der Waals surface area (Å²) in [4.78, 5) is 16.1. The average Bonchev–Trinajstić information content (AvgIpc) is 3.00. The number of rotatable bonds is 8. The predicted molar refractivity (Wildman–Crippen MR) is 121 cm³/mol. The van der Waals surface area contributed by atoms with Crippen LogP contribution in [0.5, 0.6) is 0 Å². The van der Waals surface area contributed by atoms with Gasteiger partial charge in [-0.1, -0.05) is 12.8 Å². The van der Waals surface area contributed by atoms with Gasteiger partial charge in [0.25, 0.3) is 0 Å². The highest BCUT2D eigenvalue weighted by molar-refractivity contribution is 14.0. The molecule has 0 spiro atoms.